The summed E-state index contributed by atoms with van der Waals surface area (Å²) in [4.78, 5) is 26.0. The van der Waals surface area contributed by atoms with Crippen LogP contribution in [0.15, 0.2) is 53.0 Å². The van der Waals surface area contributed by atoms with Gasteiger partial charge in [-0.15, -0.1) is 0 Å². The molecule has 0 unspecified atom stereocenters. The maximum atomic E-state index is 13.2. The van der Waals surface area contributed by atoms with Crippen LogP contribution in [0.1, 0.15) is 58.9 Å². The standard InChI is InChI=1S/C25H29FO4/c1-24(2)11-18(27)22(19(28)12-24)17(10-7-15-5-8-16(26)9-6-15)23-20(29)13-25(3,4)14-21(23)30/h5-10,17,27,29H,11-14H2,1-4H3/b10-7+. The van der Waals surface area contributed by atoms with E-state index in [4.69, 9.17) is 0 Å². The summed E-state index contributed by atoms with van der Waals surface area (Å²) in [6, 6.07) is 5.82. The van der Waals surface area contributed by atoms with Gasteiger partial charge >= 0.3 is 0 Å². The number of aliphatic hydroxyl groups is 2. The minimum atomic E-state index is -0.845. The number of hydrogen-bond donors (Lipinski definition) is 2. The molecule has 1 aromatic rings. The smallest absolute Gasteiger partial charge is 0.163 e. The van der Waals surface area contributed by atoms with Crippen molar-refractivity contribution in [3.05, 3.63) is 64.4 Å². The molecule has 0 bridgehead atoms. The predicted octanol–water partition coefficient (Wildman–Crippen LogP) is 5.86. The van der Waals surface area contributed by atoms with E-state index in [1.807, 2.05) is 27.7 Å². The van der Waals surface area contributed by atoms with Crippen LogP contribution in [0.4, 0.5) is 4.39 Å². The van der Waals surface area contributed by atoms with Crippen LogP contribution < -0.4 is 0 Å². The van der Waals surface area contributed by atoms with E-state index in [-0.39, 0.29) is 63.7 Å². The molecular weight excluding hydrogens is 383 g/mol. The highest BCUT2D eigenvalue weighted by atomic mass is 19.1. The zero-order valence-corrected chi connectivity index (χ0v) is 18.0. The highest BCUT2D eigenvalue weighted by Crippen LogP contribution is 2.44. The fraction of sp³-hybridized carbons (Fsp3) is 0.440. The Kier molecular flexibility index (Phi) is 5.76. The average Bonchev–Trinajstić information content (AvgIpc) is 2.57. The van der Waals surface area contributed by atoms with E-state index in [2.05, 4.69) is 0 Å². The van der Waals surface area contributed by atoms with E-state index in [1.165, 1.54) is 12.1 Å². The van der Waals surface area contributed by atoms with Crippen LogP contribution >= 0.6 is 0 Å². The molecule has 0 fully saturated rings. The third kappa shape index (κ3) is 4.72. The van der Waals surface area contributed by atoms with Gasteiger partial charge in [0, 0.05) is 42.7 Å². The van der Waals surface area contributed by atoms with E-state index in [0.29, 0.717) is 18.4 Å². The Balaban J connectivity index is 2.11. The quantitative estimate of drug-likeness (QED) is 0.650. The summed E-state index contributed by atoms with van der Waals surface area (Å²) in [5.74, 6) is -1.74. The minimum absolute atomic E-state index is 0.0389. The minimum Gasteiger partial charge on any atom is -0.512 e. The molecule has 4 nitrogen and oxygen atoms in total. The van der Waals surface area contributed by atoms with Gasteiger partial charge in [0.2, 0.25) is 0 Å². The number of carbonyl (C=O) groups is 2. The Labute approximate surface area is 176 Å². The van der Waals surface area contributed by atoms with Gasteiger partial charge in [-0.2, -0.15) is 0 Å². The molecule has 1 aromatic carbocycles. The molecule has 0 spiro atoms. The predicted molar refractivity (Wildman–Crippen MR) is 114 cm³/mol. The molecule has 5 heteroatoms. The Morgan fingerprint density at radius 3 is 1.67 bits per heavy atom. The number of aliphatic hydroxyl groups excluding tert-OH is 2. The third-order valence-corrected chi connectivity index (χ3v) is 5.77. The van der Waals surface area contributed by atoms with Crippen LogP contribution in [-0.4, -0.2) is 21.8 Å². The zero-order chi connectivity index (χ0) is 22.3. The summed E-state index contributed by atoms with van der Waals surface area (Å²) >= 11 is 0. The third-order valence-electron chi connectivity index (χ3n) is 5.77. The van der Waals surface area contributed by atoms with Gasteiger partial charge in [-0.1, -0.05) is 52.0 Å². The number of allylic oxidation sites excluding steroid dienone is 5. The summed E-state index contributed by atoms with van der Waals surface area (Å²) in [7, 11) is 0. The normalized spacial score (nSPS) is 21.8. The van der Waals surface area contributed by atoms with Crippen molar-refractivity contribution in [2.45, 2.75) is 53.4 Å². The maximum Gasteiger partial charge on any atom is 0.163 e. The number of halogens is 1. The van der Waals surface area contributed by atoms with Crippen molar-refractivity contribution in [3.63, 3.8) is 0 Å². The van der Waals surface area contributed by atoms with Gasteiger partial charge in [0.25, 0.3) is 0 Å². The van der Waals surface area contributed by atoms with Crippen LogP contribution in [0.2, 0.25) is 0 Å². The molecule has 3 rings (SSSR count). The fourth-order valence-corrected chi connectivity index (χ4v) is 4.43. The van der Waals surface area contributed by atoms with Gasteiger partial charge in [-0.25, -0.2) is 4.39 Å². The highest BCUT2D eigenvalue weighted by molar-refractivity contribution is 6.04. The molecule has 30 heavy (non-hydrogen) atoms. The van der Waals surface area contributed by atoms with E-state index in [1.54, 1.807) is 24.3 Å². The summed E-state index contributed by atoms with van der Waals surface area (Å²) in [6.07, 6.45) is 4.48. The SMILES string of the molecule is CC1(C)CC(=O)C(C(/C=C/c2ccc(F)cc2)C2=C(O)CC(C)(C)CC2=O)=C(O)C1. The van der Waals surface area contributed by atoms with Crippen LogP contribution in [0, 0.1) is 22.6 Å². The van der Waals surface area contributed by atoms with Gasteiger partial charge in [0.1, 0.15) is 17.3 Å². The van der Waals surface area contributed by atoms with Crippen molar-refractivity contribution in [3.8, 4) is 0 Å². The van der Waals surface area contributed by atoms with Gasteiger partial charge in [0.05, 0.1) is 0 Å². The summed E-state index contributed by atoms with van der Waals surface area (Å²) in [5, 5.41) is 21.5. The molecule has 0 atom stereocenters. The molecule has 0 aliphatic heterocycles. The van der Waals surface area contributed by atoms with Crippen molar-refractivity contribution < 1.29 is 24.2 Å². The van der Waals surface area contributed by atoms with E-state index in [9.17, 15) is 24.2 Å². The molecular formula is C25H29FO4. The lowest BCUT2D eigenvalue weighted by Gasteiger charge is -2.35. The molecule has 0 amide bonds. The molecule has 160 valence electrons. The van der Waals surface area contributed by atoms with Gasteiger partial charge in [0.15, 0.2) is 11.6 Å². The number of benzene rings is 1. The average molecular weight is 413 g/mol. The first-order valence-corrected chi connectivity index (χ1v) is 10.2. The van der Waals surface area contributed by atoms with Gasteiger partial charge in [-0.05, 0) is 28.5 Å². The number of rotatable bonds is 4. The van der Waals surface area contributed by atoms with Crippen LogP contribution in [0.5, 0.6) is 0 Å². The lowest BCUT2D eigenvalue weighted by Crippen LogP contribution is -2.33. The molecule has 0 saturated carbocycles. The molecule has 2 aliphatic rings. The highest BCUT2D eigenvalue weighted by Gasteiger charge is 2.42. The van der Waals surface area contributed by atoms with Crippen LogP contribution in [-0.2, 0) is 9.59 Å². The zero-order valence-electron chi connectivity index (χ0n) is 18.0. The first-order chi connectivity index (χ1) is 13.9. The Bertz CT molecular complexity index is 909. The van der Waals surface area contributed by atoms with Crippen molar-refractivity contribution in [1.29, 1.82) is 0 Å². The van der Waals surface area contributed by atoms with E-state index in [0.717, 1.165) is 0 Å². The fourth-order valence-electron chi connectivity index (χ4n) is 4.43. The molecule has 0 radical (unpaired) electrons. The summed E-state index contributed by atoms with van der Waals surface area (Å²) < 4.78 is 13.2. The molecule has 0 heterocycles. The number of Topliss-reactive ketones (excluding diaryl/α,β-unsaturated/α-hetero) is 2. The summed E-state index contributed by atoms with van der Waals surface area (Å²) in [5.41, 5.74) is 0.286. The second-order valence-corrected chi connectivity index (χ2v) is 9.99. The number of hydrogen-bond acceptors (Lipinski definition) is 4. The lowest BCUT2D eigenvalue weighted by atomic mass is 9.68. The largest absolute Gasteiger partial charge is 0.512 e. The molecule has 2 N–H and O–H groups in total. The molecule has 2 aliphatic carbocycles. The Hall–Kier alpha value is -2.69. The monoisotopic (exact) mass is 412 g/mol. The van der Waals surface area contributed by atoms with Crippen molar-refractivity contribution in [2.24, 2.45) is 16.7 Å². The Morgan fingerprint density at radius 2 is 1.27 bits per heavy atom. The van der Waals surface area contributed by atoms with E-state index < -0.39 is 5.92 Å². The van der Waals surface area contributed by atoms with Crippen LogP contribution in [0.25, 0.3) is 6.08 Å². The topological polar surface area (TPSA) is 74.6 Å². The van der Waals surface area contributed by atoms with Gasteiger partial charge in [-0.3, -0.25) is 9.59 Å². The number of ketones is 2. The van der Waals surface area contributed by atoms with Gasteiger partial charge < -0.3 is 10.2 Å². The van der Waals surface area contributed by atoms with Crippen molar-refractivity contribution in [1.82, 2.24) is 0 Å². The molecule has 0 saturated heterocycles. The molecule has 0 aromatic heterocycles. The van der Waals surface area contributed by atoms with Crippen molar-refractivity contribution >= 4 is 17.6 Å². The van der Waals surface area contributed by atoms with E-state index >= 15 is 0 Å². The first kappa shape index (κ1) is 22.0. The first-order valence-electron chi connectivity index (χ1n) is 10.2. The van der Waals surface area contributed by atoms with Crippen LogP contribution in [0.3, 0.4) is 0 Å². The van der Waals surface area contributed by atoms with Crippen molar-refractivity contribution in [2.75, 3.05) is 0 Å². The second-order valence-electron chi connectivity index (χ2n) is 9.99. The lowest BCUT2D eigenvalue weighted by molar-refractivity contribution is -0.119. The number of carbonyl (C=O) groups excluding carboxylic acids is 2. The second kappa shape index (κ2) is 7.86. The maximum absolute atomic E-state index is 13.2. The summed E-state index contributed by atoms with van der Waals surface area (Å²) in [6.45, 7) is 7.64. The Morgan fingerprint density at radius 1 is 0.833 bits per heavy atom.